The third kappa shape index (κ3) is 4.39. The number of nitro groups is 1. The average Bonchev–Trinajstić information content (AvgIpc) is 2.54. The molecule has 0 aliphatic rings. The van der Waals surface area contributed by atoms with Gasteiger partial charge in [-0.2, -0.15) is 0 Å². The zero-order chi connectivity index (χ0) is 17.9. The molecule has 0 amide bonds. The molecule has 24 heavy (non-hydrogen) atoms. The lowest BCUT2D eigenvalue weighted by atomic mass is 10.1. The minimum absolute atomic E-state index is 0.0748. The molecule has 2 aromatic carbocycles. The normalized spacial score (nSPS) is 13.0. The van der Waals surface area contributed by atoms with Crippen LogP contribution in [-0.4, -0.2) is 31.5 Å². The van der Waals surface area contributed by atoms with E-state index in [0.29, 0.717) is 11.4 Å². The smallest absolute Gasteiger partial charge is 0.269 e. The van der Waals surface area contributed by atoms with Crippen LogP contribution in [-0.2, 0) is 16.4 Å². The van der Waals surface area contributed by atoms with E-state index in [1.807, 2.05) is 26.1 Å². The molecule has 0 bridgehead atoms. The molecule has 0 aromatic heterocycles. The predicted molar refractivity (Wildman–Crippen MR) is 92.5 cm³/mol. The summed E-state index contributed by atoms with van der Waals surface area (Å²) in [6.45, 7) is 2.66. The summed E-state index contributed by atoms with van der Waals surface area (Å²) in [7, 11) is -1.24. The van der Waals surface area contributed by atoms with E-state index in [0.717, 1.165) is 11.1 Å². The van der Waals surface area contributed by atoms with Crippen LogP contribution in [0, 0.1) is 10.1 Å². The van der Waals surface area contributed by atoms with Crippen molar-refractivity contribution in [3.05, 3.63) is 69.8 Å². The monoisotopic (exact) mass is 348 g/mol. The Labute approximate surface area is 141 Å². The van der Waals surface area contributed by atoms with Gasteiger partial charge in [0.15, 0.2) is 9.84 Å². The highest BCUT2D eigenvalue weighted by atomic mass is 32.2. The van der Waals surface area contributed by atoms with Crippen LogP contribution in [0.15, 0.2) is 53.4 Å². The van der Waals surface area contributed by atoms with Crippen LogP contribution in [0.2, 0.25) is 0 Å². The van der Waals surface area contributed by atoms with Crippen LogP contribution in [0.4, 0.5) is 5.69 Å². The van der Waals surface area contributed by atoms with Crippen molar-refractivity contribution in [2.24, 2.45) is 0 Å². The highest BCUT2D eigenvalue weighted by Crippen LogP contribution is 2.23. The summed E-state index contributed by atoms with van der Waals surface area (Å²) in [5.41, 5.74) is 2.06. The van der Waals surface area contributed by atoms with Crippen LogP contribution in [0.25, 0.3) is 0 Å². The van der Waals surface area contributed by atoms with Gasteiger partial charge in [-0.15, -0.1) is 0 Å². The molecule has 6 nitrogen and oxygen atoms in total. The van der Waals surface area contributed by atoms with Crippen molar-refractivity contribution in [3.63, 3.8) is 0 Å². The molecule has 0 heterocycles. The third-order valence-corrected chi connectivity index (χ3v) is 5.16. The van der Waals surface area contributed by atoms with E-state index in [2.05, 4.69) is 4.90 Å². The lowest BCUT2D eigenvalue weighted by Crippen LogP contribution is -2.22. The fraction of sp³-hybridized carbons (Fsp3) is 0.294. The number of sulfone groups is 1. The Kier molecular flexibility index (Phi) is 5.36. The van der Waals surface area contributed by atoms with Gasteiger partial charge >= 0.3 is 0 Å². The van der Waals surface area contributed by atoms with Gasteiger partial charge in [0, 0.05) is 31.0 Å². The summed E-state index contributed by atoms with van der Waals surface area (Å²) < 4.78 is 23.0. The van der Waals surface area contributed by atoms with Crippen molar-refractivity contribution in [2.75, 3.05) is 13.3 Å². The molecule has 0 unspecified atom stereocenters. The quantitative estimate of drug-likeness (QED) is 0.591. The van der Waals surface area contributed by atoms with Crippen LogP contribution in [0.1, 0.15) is 24.1 Å². The summed E-state index contributed by atoms with van der Waals surface area (Å²) in [5, 5.41) is 10.7. The number of hydrogen-bond acceptors (Lipinski definition) is 5. The first kappa shape index (κ1) is 18.1. The second-order valence-electron chi connectivity index (χ2n) is 5.86. The summed E-state index contributed by atoms with van der Waals surface area (Å²) >= 11 is 0. The lowest BCUT2D eigenvalue weighted by Gasteiger charge is -2.25. The van der Waals surface area contributed by atoms with E-state index in [1.54, 1.807) is 24.3 Å². The largest absolute Gasteiger partial charge is 0.295 e. The van der Waals surface area contributed by atoms with Gasteiger partial charge in [-0.05, 0) is 37.2 Å². The van der Waals surface area contributed by atoms with Gasteiger partial charge in [-0.3, -0.25) is 15.0 Å². The molecule has 2 aromatic rings. The predicted octanol–water partition coefficient (Wildman–Crippen LogP) is 3.19. The van der Waals surface area contributed by atoms with Gasteiger partial charge in [0.1, 0.15) is 0 Å². The maximum absolute atomic E-state index is 11.5. The molecular formula is C17H20N2O4S. The first-order chi connectivity index (χ1) is 11.2. The lowest BCUT2D eigenvalue weighted by molar-refractivity contribution is -0.384. The van der Waals surface area contributed by atoms with Crippen molar-refractivity contribution >= 4 is 15.5 Å². The van der Waals surface area contributed by atoms with Crippen molar-refractivity contribution in [1.29, 1.82) is 0 Å². The minimum atomic E-state index is -3.19. The Morgan fingerprint density at radius 3 is 2.08 bits per heavy atom. The summed E-state index contributed by atoms with van der Waals surface area (Å²) in [5.74, 6) is 0. The number of nitrogens with zero attached hydrogens (tertiary/aromatic N) is 2. The molecule has 1 atom stereocenters. The molecule has 7 heteroatoms. The molecule has 0 N–H and O–H groups in total. The molecule has 0 fully saturated rings. The van der Waals surface area contributed by atoms with Crippen LogP contribution in [0.5, 0.6) is 0 Å². The molecule has 2 rings (SSSR count). The summed E-state index contributed by atoms with van der Waals surface area (Å²) in [6, 6.07) is 13.4. The van der Waals surface area contributed by atoms with Crippen molar-refractivity contribution in [2.45, 2.75) is 24.4 Å². The molecule has 128 valence electrons. The zero-order valence-electron chi connectivity index (χ0n) is 13.8. The summed E-state index contributed by atoms with van der Waals surface area (Å²) in [6.07, 6.45) is 1.19. The van der Waals surface area contributed by atoms with E-state index < -0.39 is 14.8 Å². The Bertz CT molecular complexity index is 815. The molecule has 0 radical (unpaired) electrons. The third-order valence-electron chi connectivity index (χ3n) is 4.03. The fourth-order valence-corrected chi connectivity index (χ4v) is 3.03. The topological polar surface area (TPSA) is 80.5 Å². The molecule has 0 aliphatic carbocycles. The van der Waals surface area contributed by atoms with Crippen molar-refractivity contribution < 1.29 is 13.3 Å². The fourth-order valence-electron chi connectivity index (χ4n) is 2.40. The maximum atomic E-state index is 11.5. The van der Waals surface area contributed by atoms with Gasteiger partial charge in [0.2, 0.25) is 0 Å². The molecular weight excluding hydrogens is 328 g/mol. The van der Waals surface area contributed by atoms with Crippen molar-refractivity contribution in [3.8, 4) is 0 Å². The number of nitro benzene ring substituents is 1. The Balaban J connectivity index is 2.08. The Hall–Kier alpha value is -2.25. The number of non-ortho nitro benzene ring substituents is 1. The average molecular weight is 348 g/mol. The number of hydrogen-bond donors (Lipinski definition) is 0. The van der Waals surface area contributed by atoms with Gasteiger partial charge in [0.05, 0.1) is 9.82 Å². The SMILES string of the molecule is C[C@@H](c1ccc(S(C)(=O)=O)cc1)N(C)Cc1ccc([N+](=O)[O-])cc1. The van der Waals surface area contributed by atoms with Gasteiger partial charge in [0.25, 0.3) is 5.69 Å². The Morgan fingerprint density at radius 1 is 1.08 bits per heavy atom. The second-order valence-corrected chi connectivity index (χ2v) is 7.87. The minimum Gasteiger partial charge on any atom is -0.295 e. The van der Waals surface area contributed by atoms with E-state index in [4.69, 9.17) is 0 Å². The van der Waals surface area contributed by atoms with E-state index in [9.17, 15) is 18.5 Å². The number of benzene rings is 2. The first-order valence-electron chi connectivity index (χ1n) is 7.42. The summed E-state index contributed by atoms with van der Waals surface area (Å²) in [4.78, 5) is 12.7. The van der Waals surface area contributed by atoms with E-state index >= 15 is 0 Å². The number of rotatable bonds is 6. The Morgan fingerprint density at radius 2 is 1.62 bits per heavy atom. The van der Waals surface area contributed by atoms with Gasteiger partial charge in [-0.1, -0.05) is 24.3 Å². The van der Waals surface area contributed by atoms with E-state index in [-0.39, 0.29) is 11.7 Å². The van der Waals surface area contributed by atoms with Crippen molar-refractivity contribution in [1.82, 2.24) is 4.90 Å². The molecule has 0 spiro atoms. The molecule has 0 aliphatic heterocycles. The van der Waals surface area contributed by atoms with E-state index in [1.165, 1.54) is 18.4 Å². The van der Waals surface area contributed by atoms with Crippen LogP contribution < -0.4 is 0 Å². The second kappa shape index (κ2) is 7.11. The van der Waals surface area contributed by atoms with Gasteiger partial charge in [-0.25, -0.2) is 8.42 Å². The standard InChI is InChI=1S/C17H20N2O4S/c1-13(15-6-10-17(11-7-15)24(3,22)23)18(2)12-14-4-8-16(9-5-14)19(20)21/h4-11,13H,12H2,1-3H3/t13-/m0/s1. The maximum Gasteiger partial charge on any atom is 0.269 e. The molecule has 0 saturated heterocycles. The van der Waals surface area contributed by atoms with Crippen LogP contribution >= 0.6 is 0 Å². The van der Waals surface area contributed by atoms with Gasteiger partial charge < -0.3 is 0 Å². The zero-order valence-corrected chi connectivity index (χ0v) is 14.7. The van der Waals surface area contributed by atoms with Crippen LogP contribution in [0.3, 0.4) is 0 Å². The highest BCUT2D eigenvalue weighted by molar-refractivity contribution is 7.90. The molecule has 0 saturated carbocycles. The highest BCUT2D eigenvalue weighted by Gasteiger charge is 2.14. The first-order valence-corrected chi connectivity index (χ1v) is 9.31.